The molecule has 6 nitrogen and oxygen atoms in total. The van der Waals surface area contributed by atoms with Crippen LogP contribution >= 0.6 is 11.5 Å². The molecule has 8 heteroatoms. The summed E-state index contributed by atoms with van der Waals surface area (Å²) in [5.41, 5.74) is 1.09. The maximum atomic E-state index is 12.3. The molecule has 1 aromatic carbocycles. The van der Waals surface area contributed by atoms with Gasteiger partial charge in [0.25, 0.3) is 0 Å². The average Bonchev–Trinajstić information content (AvgIpc) is 2.87. The maximum absolute atomic E-state index is 12.3. The van der Waals surface area contributed by atoms with Crippen molar-refractivity contribution < 1.29 is 17.9 Å². The van der Waals surface area contributed by atoms with Gasteiger partial charge in [-0.1, -0.05) is 22.2 Å². The van der Waals surface area contributed by atoms with Gasteiger partial charge in [-0.15, -0.1) is 5.10 Å². The molecule has 0 spiro atoms. The van der Waals surface area contributed by atoms with E-state index in [2.05, 4.69) is 9.59 Å². The van der Waals surface area contributed by atoms with Crippen LogP contribution < -0.4 is 0 Å². The summed E-state index contributed by atoms with van der Waals surface area (Å²) < 4.78 is 33.2. The van der Waals surface area contributed by atoms with Crippen LogP contribution in [0.5, 0.6) is 0 Å². The Morgan fingerprint density at radius 2 is 1.95 bits per heavy atom. The second-order valence-corrected chi connectivity index (χ2v) is 7.09. The molecule has 0 saturated carbocycles. The van der Waals surface area contributed by atoms with Gasteiger partial charge in [-0.2, -0.15) is 0 Å². The minimum Gasteiger partial charge on any atom is -0.462 e. The molecular formula is C13H14N2O4S2. The first kappa shape index (κ1) is 15.6. The molecule has 1 heterocycles. The van der Waals surface area contributed by atoms with Gasteiger partial charge in [-0.05, 0) is 37.5 Å². The van der Waals surface area contributed by atoms with E-state index in [1.165, 1.54) is 12.1 Å². The van der Waals surface area contributed by atoms with Gasteiger partial charge in [-0.3, -0.25) is 0 Å². The van der Waals surface area contributed by atoms with Gasteiger partial charge in [0.15, 0.2) is 14.7 Å². The van der Waals surface area contributed by atoms with E-state index in [1.807, 2.05) is 6.92 Å². The van der Waals surface area contributed by atoms with E-state index in [4.69, 9.17) is 4.74 Å². The van der Waals surface area contributed by atoms with Crippen LogP contribution in [-0.4, -0.2) is 30.6 Å². The molecule has 0 atom stereocenters. The summed E-state index contributed by atoms with van der Waals surface area (Å²) in [5.74, 6) is -0.970. The zero-order valence-corrected chi connectivity index (χ0v) is 13.2. The maximum Gasteiger partial charge on any atom is 0.351 e. The highest BCUT2D eigenvalue weighted by molar-refractivity contribution is 7.90. The highest BCUT2D eigenvalue weighted by Crippen LogP contribution is 2.20. The van der Waals surface area contributed by atoms with Gasteiger partial charge in [0.2, 0.25) is 0 Å². The zero-order valence-electron chi connectivity index (χ0n) is 11.6. The van der Waals surface area contributed by atoms with Crippen molar-refractivity contribution in [3.05, 3.63) is 40.4 Å². The quantitative estimate of drug-likeness (QED) is 0.781. The first-order chi connectivity index (χ1) is 9.94. The Morgan fingerprint density at radius 3 is 2.57 bits per heavy atom. The van der Waals surface area contributed by atoms with E-state index in [0.29, 0.717) is 0 Å². The second kappa shape index (κ2) is 6.31. The monoisotopic (exact) mass is 326 g/mol. The second-order valence-electron chi connectivity index (χ2n) is 4.34. The van der Waals surface area contributed by atoms with Crippen LogP contribution in [0.4, 0.5) is 0 Å². The number of aromatic nitrogens is 2. The van der Waals surface area contributed by atoms with Crippen molar-refractivity contribution in [3.63, 3.8) is 0 Å². The van der Waals surface area contributed by atoms with Crippen molar-refractivity contribution in [1.82, 2.24) is 9.59 Å². The van der Waals surface area contributed by atoms with Crippen LogP contribution in [0.1, 0.15) is 27.9 Å². The summed E-state index contributed by atoms with van der Waals surface area (Å²) in [6, 6.07) is 6.51. The number of aryl methyl sites for hydroxylation is 1. The molecule has 112 valence electrons. The van der Waals surface area contributed by atoms with Crippen molar-refractivity contribution in [2.45, 2.75) is 24.5 Å². The van der Waals surface area contributed by atoms with E-state index < -0.39 is 15.8 Å². The van der Waals surface area contributed by atoms with Crippen molar-refractivity contribution in [1.29, 1.82) is 0 Å². The molecule has 0 amide bonds. The third-order valence-electron chi connectivity index (χ3n) is 2.72. The van der Waals surface area contributed by atoms with Crippen molar-refractivity contribution in [2.24, 2.45) is 0 Å². The number of carbonyl (C=O) groups excluding carboxylic acids is 1. The molecule has 2 aromatic rings. The number of ether oxygens (including phenoxy) is 1. The van der Waals surface area contributed by atoms with E-state index in [-0.39, 0.29) is 27.8 Å². The molecule has 0 unspecified atom stereocenters. The lowest BCUT2D eigenvalue weighted by molar-refractivity contribution is 0.0531. The third kappa shape index (κ3) is 3.64. The molecule has 0 fully saturated rings. The van der Waals surface area contributed by atoms with Crippen molar-refractivity contribution in [3.8, 4) is 0 Å². The van der Waals surface area contributed by atoms with Gasteiger partial charge in [-0.25, -0.2) is 13.2 Å². The number of carbonyl (C=O) groups is 1. The number of benzene rings is 1. The van der Waals surface area contributed by atoms with E-state index in [9.17, 15) is 13.2 Å². The van der Waals surface area contributed by atoms with E-state index in [1.54, 1.807) is 19.1 Å². The lowest BCUT2D eigenvalue weighted by atomic mass is 10.2. The molecule has 0 aliphatic rings. The van der Waals surface area contributed by atoms with Gasteiger partial charge in [0.1, 0.15) is 11.4 Å². The molecule has 0 aliphatic heterocycles. The Morgan fingerprint density at radius 1 is 1.29 bits per heavy atom. The predicted molar refractivity (Wildman–Crippen MR) is 77.9 cm³/mol. The van der Waals surface area contributed by atoms with E-state index in [0.717, 1.165) is 17.1 Å². The number of rotatable bonds is 5. The molecule has 0 N–H and O–H groups in total. The smallest absolute Gasteiger partial charge is 0.351 e. The van der Waals surface area contributed by atoms with E-state index >= 15 is 0 Å². The molecule has 1 aromatic heterocycles. The zero-order chi connectivity index (χ0) is 15.5. The Bertz CT molecular complexity index is 736. The lowest BCUT2D eigenvalue weighted by Crippen LogP contribution is -2.11. The molecule has 21 heavy (non-hydrogen) atoms. The number of hydrogen-bond donors (Lipinski definition) is 0. The van der Waals surface area contributed by atoms with Crippen LogP contribution in [-0.2, 0) is 20.3 Å². The number of nitrogens with zero attached hydrogens (tertiary/aromatic N) is 2. The lowest BCUT2D eigenvalue weighted by Gasteiger charge is -2.04. The summed E-state index contributed by atoms with van der Waals surface area (Å²) in [4.78, 5) is 12.0. The minimum absolute atomic E-state index is 0.124. The molecule has 0 bridgehead atoms. The third-order valence-corrected chi connectivity index (χ3v) is 5.12. The summed E-state index contributed by atoms with van der Waals surface area (Å²) >= 11 is 0.836. The van der Waals surface area contributed by atoms with Crippen LogP contribution in [0.2, 0.25) is 0 Å². The van der Waals surface area contributed by atoms with Gasteiger partial charge >= 0.3 is 5.97 Å². The highest BCUT2D eigenvalue weighted by Gasteiger charge is 2.24. The molecule has 2 rings (SSSR count). The summed E-state index contributed by atoms with van der Waals surface area (Å²) in [6.07, 6.45) is 0. The first-order valence-corrected chi connectivity index (χ1v) is 8.64. The SMILES string of the molecule is CCOC(=O)c1snnc1CS(=O)(=O)c1ccc(C)cc1. The Kier molecular flexibility index (Phi) is 4.69. The highest BCUT2D eigenvalue weighted by atomic mass is 32.2. The number of hydrogen-bond acceptors (Lipinski definition) is 7. The topological polar surface area (TPSA) is 86.2 Å². The van der Waals surface area contributed by atoms with Crippen molar-refractivity contribution in [2.75, 3.05) is 6.61 Å². The largest absolute Gasteiger partial charge is 0.462 e. The van der Waals surface area contributed by atoms with Crippen molar-refractivity contribution >= 4 is 27.3 Å². The summed E-state index contributed by atoms with van der Waals surface area (Å²) in [6.45, 7) is 3.76. The molecule has 0 saturated heterocycles. The van der Waals surface area contributed by atoms with Gasteiger partial charge in [0, 0.05) is 0 Å². The predicted octanol–water partition coefficient (Wildman–Crippen LogP) is 2.00. The first-order valence-electron chi connectivity index (χ1n) is 6.22. The molecule has 0 aliphatic carbocycles. The molecule has 0 radical (unpaired) electrons. The summed E-state index contributed by atoms with van der Waals surface area (Å²) in [7, 11) is -3.57. The number of esters is 1. The summed E-state index contributed by atoms with van der Waals surface area (Å²) in [5, 5.41) is 3.74. The normalized spacial score (nSPS) is 11.3. The Hall–Kier alpha value is -1.80. The fourth-order valence-corrected chi connectivity index (χ4v) is 3.61. The Labute approximate surface area is 126 Å². The van der Waals surface area contributed by atoms with Gasteiger partial charge < -0.3 is 4.74 Å². The Balaban J connectivity index is 2.27. The molecular weight excluding hydrogens is 312 g/mol. The number of sulfone groups is 1. The van der Waals surface area contributed by atoms with Crippen LogP contribution in [0, 0.1) is 6.92 Å². The average molecular weight is 326 g/mol. The van der Waals surface area contributed by atoms with Crippen LogP contribution in [0.25, 0.3) is 0 Å². The van der Waals surface area contributed by atoms with Crippen LogP contribution in [0.15, 0.2) is 29.2 Å². The van der Waals surface area contributed by atoms with Crippen LogP contribution in [0.3, 0.4) is 0 Å². The minimum atomic E-state index is -3.57. The fraction of sp³-hybridized carbons (Fsp3) is 0.308. The standard InChI is InChI=1S/C13H14N2O4S2/c1-3-19-13(16)12-11(14-15-20-12)8-21(17,18)10-6-4-9(2)5-7-10/h4-7H,3,8H2,1-2H3. The van der Waals surface area contributed by atoms with Gasteiger partial charge in [0.05, 0.1) is 11.5 Å². The fourth-order valence-electron chi connectivity index (χ4n) is 1.66.